The van der Waals surface area contributed by atoms with Gasteiger partial charge in [-0.25, -0.2) is 4.79 Å². The van der Waals surface area contributed by atoms with Gasteiger partial charge in [0.2, 0.25) is 6.79 Å². The number of methoxy groups -OCH3 is 1. The Hall–Kier alpha value is -3.06. The van der Waals surface area contributed by atoms with Crippen LogP contribution >= 0.6 is 15.9 Å². The van der Waals surface area contributed by atoms with Gasteiger partial charge in [-0.1, -0.05) is 46.3 Å². The molecule has 0 unspecified atom stereocenters. The Balaban J connectivity index is 1.77. The Kier molecular flexibility index (Phi) is 5.15. The van der Waals surface area contributed by atoms with Crippen molar-refractivity contribution in [3.05, 3.63) is 74.9 Å². The molecule has 0 spiro atoms. The van der Waals surface area contributed by atoms with E-state index in [9.17, 15) is 9.59 Å². The standard InChI is InChI=1S/C22H18BrNO5/c1-13-20(22(26)27-2)16(21(25)24(13)11-14-6-4-3-5-7-14)8-15-9-18-19(10-17(15)23)29-12-28-18/h3-10H,11-12H2,1-2H3/b16-8+. The molecule has 1 amide bonds. The third kappa shape index (κ3) is 3.53. The van der Waals surface area contributed by atoms with Crippen LogP contribution in [0, 0.1) is 0 Å². The molecule has 2 aliphatic heterocycles. The van der Waals surface area contributed by atoms with Gasteiger partial charge < -0.3 is 19.1 Å². The maximum absolute atomic E-state index is 13.2. The summed E-state index contributed by atoms with van der Waals surface area (Å²) in [6, 6.07) is 13.2. The van der Waals surface area contributed by atoms with E-state index in [2.05, 4.69) is 15.9 Å². The van der Waals surface area contributed by atoms with Crippen molar-refractivity contribution >= 4 is 33.9 Å². The first-order chi connectivity index (χ1) is 14.0. The van der Waals surface area contributed by atoms with Crippen LogP contribution in [0.2, 0.25) is 0 Å². The third-order valence-electron chi connectivity index (χ3n) is 4.88. The van der Waals surface area contributed by atoms with Crippen LogP contribution in [0.25, 0.3) is 6.08 Å². The average molecular weight is 456 g/mol. The summed E-state index contributed by atoms with van der Waals surface area (Å²) in [6.07, 6.45) is 1.68. The highest BCUT2D eigenvalue weighted by Gasteiger charge is 2.37. The van der Waals surface area contributed by atoms with Gasteiger partial charge in [0.05, 0.1) is 24.8 Å². The summed E-state index contributed by atoms with van der Waals surface area (Å²) >= 11 is 3.50. The molecule has 0 saturated heterocycles. The van der Waals surface area contributed by atoms with Crippen molar-refractivity contribution in [1.29, 1.82) is 0 Å². The normalized spacial score (nSPS) is 16.7. The van der Waals surface area contributed by atoms with E-state index >= 15 is 0 Å². The predicted molar refractivity (Wildman–Crippen MR) is 110 cm³/mol. The van der Waals surface area contributed by atoms with Crippen LogP contribution in [0.15, 0.2) is 63.8 Å². The van der Waals surface area contributed by atoms with E-state index in [-0.39, 0.29) is 23.8 Å². The zero-order valence-corrected chi connectivity index (χ0v) is 17.5. The number of rotatable bonds is 4. The first-order valence-electron chi connectivity index (χ1n) is 8.95. The fourth-order valence-electron chi connectivity index (χ4n) is 3.38. The fraction of sp³-hybridized carbons (Fsp3) is 0.182. The summed E-state index contributed by atoms with van der Waals surface area (Å²) in [5.74, 6) is 0.417. The Labute approximate surface area is 176 Å². The molecule has 2 aliphatic rings. The van der Waals surface area contributed by atoms with Crippen molar-refractivity contribution < 1.29 is 23.8 Å². The first kappa shape index (κ1) is 19.3. The molecule has 148 valence electrons. The zero-order chi connectivity index (χ0) is 20.5. The van der Waals surface area contributed by atoms with Crippen LogP contribution in [-0.2, 0) is 20.9 Å². The zero-order valence-electron chi connectivity index (χ0n) is 15.9. The number of esters is 1. The summed E-state index contributed by atoms with van der Waals surface area (Å²) < 4.78 is 16.5. The highest BCUT2D eigenvalue weighted by molar-refractivity contribution is 9.10. The monoisotopic (exact) mass is 455 g/mol. The molecule has 0 fully saturated rings. The molecule has 0 bridgehead atoms. The van der Waals surface area contributed by atoms with Crippen molar-refractivity contribution in [2.24, 2.45) is 0 Å². The fourth-order valence-corrected chi connectivity index (χ4v) is 3.82. The molecule has 2 aromatic carbocycles. The van der Waals surface area contributed by atoms with Gasteiger partial charge in [0, 0.05) is 10.2 Å². The maximum atomic E-state index is 13.2. The lowest BCUT2D eigenvalue weighted by molar-refractivity contribution is -0.136. The lowest BCUT2D eigenvalue weighted by Crippen LogP contribution is -2.24. The van der Waals surface area contributed by atoms with Gasteiger partial charge in [-0.05, 0) is 36.3 Å². The number of amides is 1. The topological polar surface area (TPSA) is 65.1 Å². The van der Waals surface area contributed by atoms with Gasteiger partial charge in [-0.3, -0.25) is 4.79 Å². The molecule has 0 aliphatic carbocycles. The van der Waals surface area contributed by atoms with Crippen LogP contribution in [0.3, 0.4) is 0 Å². The second-order valence-corrected chi connectivity index (χ2v) is 7.47. The Morgan fingerprint density at radius 3 is 2.59 bits per heavy atom. The van der Waals surface area contributed by atoms with Crippen molar-refractivity contribution in [2.45, 2.75) is 13.5 Å². The minimum atomic E-state index is -0.547. The van der Waals surface area contributed by atoms with Crippen molar-refractivity contribution in [1.82, 2.24) is 4.90 Å². The molecule has 0 aromatic heterocycles. The summed E-state index contributed by atoms with van der Waals surface area (Å²) in [6.45, 7) is 2.27. The number of ether oxygens (including phenoxy) is 3. The molecule has 4 rings (SSSR count). The smallest absolute Gasteiger partial charge is 0.340 e. The van der Waals surface area contributed by atoms with E-state index in [0.717, 1.165) is 10.0 Å². The first-order valence-corrected chi connectivity index (χ1v) is 9.75. The quantitative estimate of drug-likeness (QED) is 0.513. The number of hydrogen-bond acceptors (Lipinski definition) is 5. The molecule has 0 N–H and O–H groups in total. The molecule has 0 atom stereocenters. The van der Waals surface area contributed by atoms with E-state index in [1.54, 1.807) is 30.0 Å². The van der Waals surface area contributed by atoms with Crippen LogP contribution in [-0.4, -0.2) is 30.7 Å². The molecule has 7 heteroatoms. The molecule has 6 nitrogen and oxygen atoms in total. The Morgan fingerprint density at radius 2 is 1.90 bits per heavy atom. The van der Waals surface area contributed by atoms with E-state index in [1.807, 2.05) is 30.3 Å². The number of nitrogens with zero attached hydrogens (tertiary/aromatic N) is 1. The lowest BCUT2D eigenvalue weighted by Gasteiger charge is -2.17. The molecular weight excluding hydrogens is 438 g/mol. The van der Waals surface area contributed by atoms with Gasteiger partial charge >= 0.3 is 5.97 Å². The second kappa shape index (κ2) is 7.75. The van der Waals surface area contributed by atoms with Crippen LogP contribution < -0.4 is 9.47 Å². The minimum absolute atomic E-state index is 0.151. The Bertz CT molecular complexity index is 1060. The number of hydrogen-bond donors (Lipinski definition) is 0. The Morgan fingerprint density at radius 1 is 1.21 bits per heavy atom. The van der Waals surface area contributed by atoms with Crippen molar-refractivity contribution in [3.63, 3.8) is 0 Å². The van der Waals surface area contributed by atoms with E-state index < -0.39 is 5.97 Å². The summed E-state index contributed by atoms with van der Waals surface area (Å²) in [5, 5.41) is 0. The van der Waals surface area contributed by atoms with Gasteiger partial charge in [0.1, 0.15) is 0 Å². The van der Waals surface area contributed by atoms with Gasteiger partial charge in [-0.2, -0.15) is 0 Å². The molecule has 29 heavy (non-hydrogen) atoms. The van der Waals surface area contributed by atoms with Crippen molar-refractivity contribution in [2.75, 3.05) is 13.9 Å². The number of carbonyl (C=O) groups excluding carboxylic acids is 2. The number of allylic oxidation sites excluding steroid dienone is 1. The molecule has 2 aromatic rings. The molecule has 0 saturated carbocycles. The number of benzene rings is 2. The van der Waals surface area contributed by atoms with Crippen LogP contribution in [0.4, 0.5) is 0 Å². The SMILES string of the molecule is COC(=O)C1=C(C)N(Cc2ccccc2)C(=O)/C1=C/c1cc2c(cc1Br)OCO2. The second-order valence-electron chi connectivity index (χ2n) is 6.61. The average Bonchev–Trinajstić information content (AvgIpc) is 3.26. The largest absolute Gasteiger partial charge is 0.465 e. The number of carbonyl (C=O) groups is 2. The third-order valence-corrected chi connectivity index (χ3v) is 5.56. The van der Waals surface area contributed by atoms with Gasteiger partial charge in [0.15, 0.2) is 11.5 Å². The molecule has 0 radical (unpaired) electrons. The molecule has 2 heterocycles. The number of halogens is 1. The van der Waals surface area contributed by atoms with E-state index in [0.29, 0.717) is 29.3 Å². The molecular formula is C22H18BrNO5. The highest BCUT2D eigenvalue weighted by Crippen LogP contribution is 2.39. The van der Waals surface area contributed by atoms with Crippen molar-refractivity contribution in [3.8, 4) is 11.5 Å². The summed E-state index contributed by atoms with van der Waals surface area (Å²) in [4.78, 5) is 27.3. The lowest BCUT2D eigenvalue weighted by atomic mass is 10.0. The van der Waals surface area contributed by atoms with E-state index in [1.165, 1.54) is 7.11 Å². The van der Waals surface area contributed by atoms with E-state index in [4.69, 9.17) is 14.2 Å². The van der Waals surface area contributed by atoms with Crippen LogP contribution in [0.1, 0.15) is 18.1 Å². The predicted octanol–water partition coefficient (Wildman–Crippen LogP) is 4.05. The maximum Gasteiger partial charge on any atom is 0.340 e. The van der Waals surface area contributed by atoms with Gasteiger partial charge in [-0.15, -0.1) is 0 Å². The highest BCUT2D eigenvalue weighted by atomic mass is 79.9. The summed E-state index contributed by atoms with van der Waals surface area (Å²) in [5.41, 5.74) is 2.78. The van der Waals surface area contributed by atoms with Gasteiger partial charge in [0.25, 0.3) is 5.91 Å². The number of fused-ring (bicyclic) bond motifs is 1. The van der Waals surface area contributed by atoms with Crippen LogP contribution in [0.5, 0.6) is 11.5 Å². The summed E-state index contributed by atoms with van der Waals surface area (Å²) in [7, 11) is 1.31. The minimum Gasteiger partial charge on any atom is -0.465 e.